The highest BCUT2D eigenvalue weighted by molar-refractivity contribution is 5.77. The van der Waals surface area contributed by atoms with E-state index in [2.05, 4.69) is 5.32 Å². The molecule has 19 heavy (non-hydrogen) atoms. The van der Waals surface area contributed by atoms with Crippen LogP contribution in [-0.4, -0.2) is 30.3 Å². The lowest BCUT2D eigenvalue weighted by Crippen LogP contribution is -2.41. The summed E-state index contributed by atoms with van der Waals surface area (Å²) >= 11 is 0. The van der Waals surface area contributed by atoms with Gasteiger partial charge in [0.25, 0.3) is 0 Å². The summed E-state index contributed by atoms with van der Waals surface area (Å²) in [7, 11) is 1.60. The zero-order chi connectivity index (χ0) is 14.5. The SMILES string of the molecule is COC(C)(C)CNC(=O)CC(C)(O)c1ccccc1. The van der Waals surface area contributed by atoms with E-state index in [1.165, 1.54) is 0 Å². The summed E-state index contributed by atoms with van der Waals surface area (Å²) in [6.07, 6.45) is 0.0246. The molecule has 4 nitrogen and oxygen atoms in total. The third-order valence-corrected chi connectivity index (χ3v) is 3.16. The molecule has 106 valence electrons. The van der Waals surface area contributed by atoms with Gasteiger partial charge in [0, 0.05) is 13.7 Å². The van der Waals surface area contributed by atoms with Crippen LogP contribution in [0.5, 0.6) is 0 Å². The van der Waals surface area contributed by atoms with Crippen LogP contribution >= 0.6 is 0 Å². The largest absolute Gasteiger partial charge is 0.385 e. The maximum atomic E-state index is 11.9. The lowest BCUT2D eigenvalue weighted by molar-refractivity contribution is -0.127. The molecule has 0 aliphatic carbocycles. The lowest BCUT2D eigenvalue weighted by Gasteiger charge is -2.26. The molecule has 4 heteroatoms. The van der Waals surface area contributed by atoms with Gasteiger partial charge in [-0.2, -0.15) is 0 Å². The molecular weight excluding hydrogens is 242 g/mol. The molecule has 1 rings (SSSR count). The maximum Gasteiger partial charge on any atom is 0.223 e. The van der Waals surface area contributed by atoms with E-state index in [0.29, 0.717) is 6.54 Å². The first kappa shape index (κ1) is 15.7. The minimum Gasteiger partial charge on any atom is -0.385 e. The van der Waals surface area contributed by atoms with E-state index in [1.807, 2.05) is 44.2 Å². The Hall–Kier alpha value is -1.39. The summed E-state index contributed by atoms with van der Waals surface area (Å²) in [6.45, 7) is 5.84. The highest BCUT2D eigenvalue weighted by atomic mass is 16.5. The number of methoxy groups -OCH3 is 1. The van der Waals surface area contributed by atoms with Gasteiger partial charge in [0.05, 0.1) is 17.6 Å². The van der Waals surface area contributed by atoms with E-state index >= 15 is 0 Å². The van der Waals surface area contributed by atoms with E-state index in [0.717, 1.165) is 5.56 Å². The molecule has 0 radical (unpaired) electrons. The maximum absolute atomic E-state index is 11.9. The minimum atomic E-state index is -1.16. The summed E-state index contributed by atoms with van der Waals surface area (Å²) in [5.41, 5.74) is -0.840. The van der Waals surface area contributed by atoms with Gasteiger partial charge < -0.3 is 15.2 Å². The van der Waals surface area contributed by atoms with Crippen molar-refractivity contribution >= 4 is 5.91 Å². The van der Waals surface area contributed by atoms with Crippen LogP contribution in [0, 0.1) is 0 Å². The number of rotatable bonds is 6. The predicted molar refractivity (Wildman–Crippen MR) is 74.7 cm³/mol. The minimum absolute atomic E-state index is 0.0246. The summed E-state index contributed by atoms with van der Waals surface area (Å²) in [6, 6.07) is 9.19. The Balaban J connectivity index is 2.57. The van der Waals surface area contributed by atoms with Crippen molar-refractivity contribution in [3.63, 3.8) is 0 Å². The van der Waals surface area contributed by atoms with Crippen molar-refractivity contribution in [1.29, 1.82) is 0 Å². The molecule has 0 saturated carbocycles. The molecule has 0 aliphatic rings. The highest BCUT2D eigenvalue weighted by Gasteiger charge is 2.27. The number of hydrogen-bond acceptors (Lipinski definition) is 3. The molecule has 0 fully saturated rings. The zero-order valence-corrected chi connectivity index (χ0v) is 12.1. The molecule has 1 unspecified atom stereocenters. The summed E-state index contributed by atoms with van der Waals surface area (Å²) < 4.78 is 5.23. The second-order valence-electron chi connectivity index (χ2n) is 5.56. The van der Waals surface area contributed by atoms with Crippen LogP contribution in [0.25, 0.3) is 0 Å². The molecule has 0 spiro atoms. The highest BCUT2D eigenvalue weighted by Crippen LogP contribution is 2.23. The average molecular weight is 265 g/mol. The fourth-order valence-corrected chi connectivity index (χ4v) is 1.66. The normalized spacial score (nSPS) is 14.8. The quantitative estimate of drug-likeness (QED) is 0.825. The van der Waals surface area contributed by atoms with Crippen LogP contribution < -0.4 is 5.32 Å². The third-order valence-electron chi connectivity index (χ3n) is 3.16. The number of aliphatic hydroxyl groups is 1. The first-order valence-electron chi connectivity index (χ1n) is 6.37. The number of hydrogen-bond donors (Lipinski definition) is 2. The number of carbonyl (C=O) groups excluding carboxylic acids is 1. The molecule has 1 amide bonds. The molecule has 0 bridgehead atoms. The van der Waals surface area contributed by atoms with Crippen LogP contribution in [0.1, 0.15) is 32.8 Å². The summed E-state index contributed by atoms with van der Waals surface area (Å²) in [5, 5.41) is 13.1. The summed E-state index contributed by atoms with van der Waals surface area (Å²) in [4.78, 5) is 11.9. The Morgan fingerprint density at radius 2 is 1.84 bits per heavy atom. The Labute approximate surface area is 114 Å². The van der Waals surface area contributed by atoms with Crippen LogP contribution in [0.3, 0.4) is 0 Å². The van der Waals surface area contributed by atoms with Crippen molar-refractivity contribution in [1.82, 2.24) is 5.32 Å². The van der Waals surface area contributed by atoms with E-state index < -0.39 is 11.2 Å². The van der Waals surface area contributed by atoms with Crippen molar-refractivity contribution in [2.24, 2.45) is 0 Å². The van der Waals surface area contributed by atoms with Gasteiger partial charge >= 0.3 is 0 Å². The fourth-order valence-electron chi connectivity index (χ4n) is 1.66. The van der Waals surface area contributed by atoms with Crippen LogP contribution in [-0.2, 0) is 15.1 Å². The van der Waals surface area contributed by atoms with Gasteiger partial charge in [-0.15, -0.1) is 0 Å². The second-order valence-corrected chi connectivity index (χ2v) is 5.56. The van der Waals surface area contributed by atoms with Crippen molar-refractivity contribution in [3.05, 3.63) is 35.9 Å². The Bertz CT molecular complexity index is 413. The first-order valence-corrected chi connectivity index (χ1v) is 6.37. The predicted octanol–water partition coefficient (Wildman–Crippen LogP) is 1.83. The van der Waals surface area contributed by atoms with Gasteiger partial charge in [-0.05, 0) is 26.3 Å². The molecule has 2 N–H and O–H groups in total. The number of ether oxygens (including phenoxy) is 1. The number of carbonyl (C=O) groups is 1. The number of benzene rings is 1. The Morgan fingerprint density at radius 3 is 2.37 bits per heavy atom. The van der Waals surface area contributed by atoms with Gasteiger partial charge in [0.2, 0.25) is 5.91 Å². The molecule has 1 aromatic carbocycles. The zero-order valence-electron chi connectivity index (χ0n) is 12.1. The van der Waals surface area contributed by atoms with Crippen LogP contribution in [0.2, 0.25) is 0 Å². The van der Waals surface area contributed by atoms with Crippen molar-refractivity contribution in [3.8, 4) is 0 Å². The number of nitrogens with one attached hydrogen (secondary N) is 1. The van der Waals surface area contributed by atoms with Crippen molar-refractivity contribution in [2.45, 2.75) is 38.4 Å². The van der Waals surface area contributed by atoms with E-state index in [1.54, 1.807) is 14.0 Å². The standard InChI is InChI=1S/C15H23NO3/c1-14(2,19-4)11-16-13(17)10-15(3,18)12-8-6-5-7-9-12/h5-9,18H,10-11H2,1-4H3,(H,16,17). The topological polar surface area (TPSA) is 58.6 Å². The van der Waals surface area contributed by atoms with Gasteiger partial charge in [-0.1, -0.05) is 30.3 Å². The fraction of sp³-hybridized carbons (Fsp3) is 0.533. The Kier molecular flexibility index (Phi) is 5.09. The number of amides is 1. The lowest BCUT2D eigenvalue weighted by atomic mass is 9.92. The van der Waals surface area contributed by atoms with Gasteiger partial charge in [0.1, 0.15) is 0 Å². The summed E-state index contributed by atoms with van der Waals surface area (Å²) in [5.74, 6) is -0.195. The first-order chi connectivity index (χ1) is 8.77. The second kappa shape index (κ2) is 6.17. The van der Waals surface area contributed by atoms with E-state index in [4.69, 9.17) is 4.74 Å². The molecule has 0 aliphatic heterocycles. The third kappa shape index (κ3) is 5.01. The van der Waals surface area contributed by atoms with Crippen molar-refractivity contribution in [2.75, 3.05) is 13.7 Å². The van der Waals surface area contributed by atoms with Gasteiger partial charge in [-0.3, -0.25) is 4.79 Å². The van der Waals surface area contributed by atoms with E-state index in [-0.39, 0.29) is 12.3 Å². The van der Waals surface area contributed by atoms with E-state index in [9.17, 15) is 9.90 Å². The molecule has 1 atom stereocenters. The molecule has 0 aromatic heterocycles. The van der Waals surface area contributed by atoms with Crippen LogP contribution in [0.15, 0.2) is 30.3 Å². The smallest absolute Gasteiger partial charge is 0.223 e. The van der Waals surface area contributed by atoms with Crippen molar-refractivity contribution < 1.29 is 14.6 Å². The molecule has 1 aromatic rings. The van der Waals surface area contributed by atoms with Gasteiger partial charge in [0.15, 0.2) is 0 Å². The Morgan fingerprint density at radius 1 is 1.26 bits per heavy atom. The van der Waals surface area contributed by atoms with Gasteiger partial charge in [-0.25, -0.2) is 0 Å². The monoisotopic (exact) mass is 265 g/mol. The molecular formula is C15H23NO3. The molecule has 0 heterocycles. The van der Waals surface area contributed by atoms with Crippen LogP contribution in [0.4, 0.5) is 0 Å². The average Bonchev–Trinajstić information content (AvgIpc) is 2.37. The molecule has 0 saturated heterocycles.